The number of carbonyl (C=O) groups is 1. The number of aryl methyl sites for hydroxylation is 1. The summed E-state index contributed by atoms with van der Waals surface area (Å²) in [6.45, 7) is 3.23. The Hall–Kier alpha value is -3.33. The van der Waals surface area contributed by atoms with Crippen LogP contribution in [-0.4, -0.2) is 33.4 Å². The van der Waals surface area contributed by atoms with Crippen molar-refractivity contribution in [3.05, 3.63) is 60.0 Å². The summed E-state index contributed by atoms with van der Waals surface area (Å²) in [7, 11) is 0. The number of anilines is 1. The van der Waals surface area contributed by atoms with Crippen LogP contribution >= 0.6 is 0 Å². The van der Waals surface area contributed by atoms with Crippen LogP contribution < -0.4 is 10.1 Å². The molecule has 32 heavy (non-hydrogen) atoms. The first kappa shape index (κ1) is 21.9. The van der Waals surface area contributed by atoms with E-state index in [1.165, 1.54) is 30.5 Å². The van der Waals surface area contributed by atoms with Crippen LogP contribution in [0.4, 0.5) is 14.5 Å². The predicted octanol–water partition coefficient (Wildman–Crippen LogP) is 5.20. The summed E-state index contributed by atoms with van der Waals surface area (Å²) < 4.78 is 38.1. The number of pyridine rings is 1. The highest BCUT2D eigenvalue weighted by Gasteiger charge is 2.23. The van der Waals surface area contributed by atoms with Gasteiger partial charge in [0.25, 0.3) is 5.91 Å². The number of aromatic nitrogens is 3. The monoisotopic (exact) mass is 442 g/mol. The maximum atomic E-state index is 13.0. The lowest BCUT2D eigenvalue weighted by Crippen LogP contribution is -2.20. The van der Waals surface area contributed by atoms with Crippen molar-refractivity contribution >= 4 is 11.6 Å². The van der Waals surface area contributed by atoms with Crippen molar-refractivity contribution in [2.24, 2.45) is 0 Å². The third-order valence-electron chi connectivity index (χ3n) is 5.13. The highest BCUT2D eigenvalue weighted by Crippen LogP contribution is 2.30. The molecular weight excluding hydrogens is 418 g/mol. The Morgan fingerprint density at radius 1 is 1.25 bits per heavy atom. The fourth-order valence-electron chi connectivity index (χ4n) is 3.61. The molecule has 1 unspecified atom stereocenters. The van der Waals surface area contributed by atoms with Crippen LogP contribution in [0, 0.1) is 6.92 Å². The van der Waals surface area contributed by atoms with Gasteiger partial charge in [-0.15, -0.1) is 0 Å². The zero-order valence-corrected chi connectivity index (χ0v) is 17.8. The molecule has 1 aromatic carbocycles. The second-order valence-corrected chi connectivity index (χ2v) is 7.73. The molecule has 9 heteroatoms. The molecule has 0 bridgehead atoms. The number of hydrogen-bond donors (Lipinski definition) is 1. The van der Waals surface area contributed by atoms with Gasteiger partial charge < -0.3 is 14.8 Å². The maximum Gasteiger partial charge on any atom is 0.394 e. The van der Waals surface area contributed by atoms with Gasteiger partial charge in [0, 0.05) is 42.9 Å². The van der Waals surface area contributed by atoms with Crippen molar-refractivity contribution in [1.82, 2.24) is 14.8 Å². The molecule has 0 saturated carbocycles. The number of nitrogens with one attached hydrogen (secondary N) is 1. The van der Waals surface area contributed by atoms with Crippen molar-refractivity contribution in [1.29, 1.82) is 0 Å². The average Bonchev–Trinajstić information content (AvgIpc) is 3.25. The second-order valence-electron chi connectivity index (χ2n) is 7.73. The molecule has 1 fully saturated rings. The molecule has 0 aliphatic carbocycles. The van der Waals surface area contributed by atoms with Crippen LogP contribution in [0.2, 0.25) is 0 Å². The van der Waals surface area contributed by atoms with E-state index in [1.54, 1.807) is 12.3 Å². The molecule has 7 nitrogen and oxygen atoms in total. The molecule has 1 atom stereocenters. The minimum Gasteiger partial charge on any atom is -0.433 e. The van der Waals surface area contributed by atoms with E-state index >= 15 is 0 Å². The topological polar surface area (TPSA) is 78.3 Å². The van der Waals surface area contributed by atoms with Crippen molar-refractivity contribution in [2.75, 3.05) is 11.9 Å². The molecule has 0 spiro atoms. The Morgan fingerprint density at radius 2 is 2.03 bits per heavy atom. The minimum absolute atomic E-state index is 0.00739. The lowest BCUT2D eigenvalue weighted by molar-refractivity contribution is -0.158. The van der Waals surface area contributed by atoms with Gasteiger partial charge in [0.15, 0.2) is 6.23 Å². The number of alkyl halides is 2. The van der Waals surface area contributed by atoms with Crippen LogP contribution in [-0.2, 0) is 4.74 Å². The van der Waals surface area contributed by atoms with E-state index in [1.807, 2.05) is 17.7 Å². The van der Waals surface area contributed by atoms with Gasteiger partial charge in [-0.2, -0.15) is 13.9 Å². The van der Waals surface area contributed by atoms with Crippen LogP contribution in [0.15, 0.2) is 48.8 Å². The van der Waals surface area contributed by atoms with Gasteiger partial charge >= 0.3 is 6.11 Å². The number of rotatable bonds is 6. The van der Waals surface area contributed by atoms with Gasteiger partial charge in [0.1, 0.15) is 5.75 Å². The van der Waals surface area contributed by atoms with Gasteiger partial charge in [-0.3, -0.25) is 9.78 Å². The molecule has 4 rings (SSSR count). The summed E-state index contributed by atoms with van der Waals surface area (Å²) in [6.07, 6.45) is 2.79. The van der Waals surface area contributed by atoms with Gasteiger partial charge in [-0.25, -0.2) is 4.68 Å². The molecule has 3 heterocycles. The number of nitrogens with zero attached hydrogens (tertiary/aromatic N) is 3. The number of hydrogen-bond acceptors (Lipinski definition) is 5. The Balaban J connectivity index is 1.53. The van der Waals surface area contributed by atoms with Gasteiger partial charge in [-0.1, -0.05) is 0 Å². The number of amides is 1. The predicted molar refractivity (Wildman–Crippen MR) is 115 cm³/mol. The third kappa shape index (κ3) is 5.11. The van der Waals surface area contributed by atoms with E-state index in [0.29, 0.717) is 24.8 Å². The van der Waals surface area contributed by atoms with Gasteiger partial charge in [0.05, 0.1) is 11.3 Å². The lowest BCUT2D eigenvalue weighted by atomic mass is 10.1. The van der Waals surface area contributed by atoms with E-state index in [0.717, 1.165) is 36.2 Å². The highest BCUT2D eigenvalue weighted by molar-refractivity contribution is 6.04. The molecular formula is C23H24F2N4O3. The molecule has 3 aromatic rings. The zero-order valence-electron chi connectivity index (χ0n) is 17.8. The van der Waals surface area contributed by atoms with Crippen molar-refractivity contribution in [3.8, 4) is 17.0 Å². The molecule has 0 radical (unpaired) electrons. The van der Waals surface area contributed by atoms with Crippen LogP contribution in [0.1, 0.15) is 48.5 Å². The van der Waals surface area contributed by atoms with E-state index in [2.05, 4.69) is 20.1 Å². The Labute approximate surface area is 184 Å². The number of carbonyl (C=O) groups excluding carboxylic acids is 1. The molecule has 1 aliphatic rings. The van der Waals surface area contributed by atoms with Crippen molar-refractivity contribution in [2.45, 2.75) is 45.4 Å². The summed E-state index contributed by atoms with van der Waals surface area (Å²) in [4.78, 5) is 17.2. The van der Waals surface area contributed by atoms with E-state index in [9.17, 15) is 13.6 Å². The van der Waals surface area contributed by atoms with Gasteiger partial charge in [-0.05, 0) is 62.6 Å². The normalized spacial score (nSPS) is 16.6. The van der Waals surface area contributed by atoms with E-state index < -0.39 is 6.11 Å². The highest BCUT2D eigenvalue weighted by atomic mass is 19.3. The average molecular weight is 442 g/mol. The SMILES string of the molecule is Cc1ncc(C(=O)Nc2ccc(OC(C)(F)F)cc2)cc1-c1ccnn1C1CCCCO1. The Morgan fingerprint density at radius 3 is 2.72 bits per heavy atom. The maximum absolute atomic E-state index is 13.0. The first-order chi connectivity index (χ1) is 15.3. The number of benzene rings is 1. The van der Waals surface area contributed by atoms with E-state index in [-0.39, 0.29) is 17.9 Å². The Bertz CT molecular complexity index is 1090. The molecule has 168 valence electrons. The second kappa shape index (κ2) is 9.04. The van der Waals surface area contributed by atoms with Crippen LogP contribution in [0.25, 0.3) is 11.3 Å². The summed E-state index contributed by atoms with van der Waals surface area (Å²) in [5.74, 6) is -0.360. The smallest absolute Gasteiger partial charge is 0.394 e. The summed E-state index contributed by atoms with van der Waals surface area (Å²) >= 11 is 0. The lowest BCUT2D eigenvalue weighted by Gasteiger charge is -2.24. The van der Waals surface area contributed by atoms with Crippen LogP contribution in [0.5, 0.6) is 5.75 Å². The minimum atomic E-state index is -3.27. The number of halogens is 2. The number of ether oxygens (including phenoxy) is 2. The largest absolute Gasteiger partial charge is 0.433 e. The summed E-state index contributed by atoms with van der Waals surface area (Å²) in [6, 6.07) is 9.38. The van der Waals surface area contributed by atoms with Crippen molar-refractivity contribution < 1.29 is 23.0 Å². The zero-order chi connectivity index (χ0) is 22.7. The van der Waals surface area contributed by atoms with Gasteiger partial charge in [0.2, 0.25) is 0 Å². The van der Waals surface area contributed by atoms with E-state index in [4.69, 9.17) is 4.74 Å². The quantitative estimate of drug-likeness (QED) is 0.568. The molecule has 1 aliphatic heterocycles. The molecule has 1 amide bonds. The fraction of sp³-hybridized carbons (Fsp3) is 0.348. The first-order valence-corrected chi connectivity index (χ1v) is 10.4. The van der Waals surface area contributed by atoms with Crippen LogP contribution in [0.3, 0.4) is 0 Å². The molecule has 1 N–H and O–H groups in total. The standard InChI is InChI=1S/C23H24F2N4O3/c1-15-19(20-10-11-27-29(20)21-5-3-4-12-31-21)13-16(14-26-15)22(30)28-17-6-8-18(9-7-17)32-23(2,24)25/h6-11,13-14,21H,3-5,12H2,1-2H3,(H,28,30). The summed E-state index contributed by atoms with van der Waals surface area (Å²) in [5.41, 5.74) is 3.20. The fourth-order valence-corrected chi connectivity index (χ4v) is 3.61. The molecule has 1 saturated heterocycles. The molecule has 2 aromatic heterocycles. The first-order valence-electron chi connectivity index (χ1n) is 10.4. The van der Waals surface area contributed by atoms with Crippen molar-refractivity contribution in [3.63, 3.8) is 0 Å². The third-order valence-corrected chi connectivity index (χ3v) is 5.13. The Kier molecular flexibility index (Phi) is 6.18. The summed E-state index contributed by atoms with van der Waals surface area (Å²) in [5, 5.41) is 7.18.